The van der Waals surface area contributed by atoms with Crippen molar-refractivity contribution in [2.75, 3.05) is 11.9 Å². The molecule has 1 aliphatic rings. The van der Waals surface area contributed by atoms with Gasteiger partial charge in [0.1, 0.15) is 16.2 Å². The van der Waals surface area contributed by atoms with E-state index in [-0.39, 0.29) is 5.63 Å². The fourth-order valence-electron chi connectivity index (χ4n) is 2.58. The summed E-state index contributed by atoms with van der Waals surface area (Å²) in [5, 5.41) is 4.26. The topological polar surface area (TPSA) is 51.5 Å². The zero-order valence-electron chi connectivity index (χ0n) is 11.9. The minimum atomic E-state index is -0.321. The Hall–Kier alpha value is -2.40. The Bertz CT molecular complexity index is 933. The Morgan fingerprint density at radius 1 is 1.14 bits per heavy atom. The molecule has 0 saturated carbocycles. The van der Waals surface area contributed by atoms with Gasteiger partial charge in [0.15, 0.2) is 0 Å². The molecule has 0 bridgehead atoms. The zero-order valence-corrected chi connectivity index (χ0v) is 12.7. The highest BCUT2D eigenvalue weighted by molar-refractivity contribution is 7.99. The molecule has 0 saturated heterocycles. The molecule has 0 fully saturated rings. The number of anilines is 2. The average molecular weight is 311 g/mol. The Morgan fingerprint density at radius 3 is 2.86 bits per heavy atom. The molecule has 1 N–H and O–H groups in total. The van der Waals surface area contributed by atoms with E-state index in [4.69, 9.17) is 9.15 Å². The second-order valence-corrected chi connectivity index (χ2v) is 5.93. The number of fused-ring (bicyclic) bond motifs is 4. The van der Waals surface area contributed by atoms with E-state index >= 15 is 0 Å². The largest absolute Gasteiger partial charge is 0.492 e. The van der Waals surface area contributed by atoms with Crippen molar-refractivity contribution in [1.29, 1.82) is 0 Å². The molecule has 0 unspecified atom stereocenters. The van der Waals surface area contributed by atoms with Crippen LogP contribution in [0.1, 0.15) is 6.92 Å². The molecule has 0 spiro atoms. The highest BCUT2D eigenvalue weighted by Gasteiger charge is 2.24. The first kappa shape index (κ1) is 13.3. The van der Waals surface area contributed by atoms with Crippen molar-refractivity contribution in [3.63, 3.8) is 0 Å². The van der Waals surface area contributed by atoms with Crippen molar-refractivity contribution in [2.45, 2.75) is 16.7 Å². The standard InChI is InChI=1S/C17H13NO3S/c1-2-20-12-8-5-9-13-15(12)18-14-10-6-3-4-7-11(10)21-17(19)16(14)22-13/h3-9,18H,2H2,1H3. The van der Waals surface area contributed by atoms with Crippen LogP contribution < -0.4 is 15.7 Å². The normalized spacial score (nSPS) is 12.4. The quantitative estimate of drug-likeness (QED) is 0.556. The van der Waals surface area contributed by atoms with Crippen LogP contribution in [0.4, 0.5) is 11.4 Å². The first-order valence-electron chi connectivity index (χ1n) is 7.04. The van der Waals surface area contributed by atoms with E-state index in [2.05, 4.69) is 5.32 Å². The van der Waals surface area contributed by atoms with Crippen molar-refractivity contribution in [2.24, 2.45) is 0 Å². The minimum absolute atomic E-state index is 0.321. The lowest BCUT2D eigenvalue weighted by atomic mass is 10.2. The van der Waals surface area contributed by atoms with Crippen LogP contribution in [-0.2, 0) is 0 Å². The monoisotopic (exact) mass is 311 g/mol. The fourth-order valence-corrected chi connectivity index (χ4v) is 3.59. The van der Waals surface area contributed by atoms with Crippen LogP contribution in [0.5, 0.6) is 5.75 Å². The van der Waals surface area contributed by atoms with Gasteiger partial charge in [-0.2, -0.15) is 0 Å². The van der Waals surface area contributed by atoms with E-state index < -0.39 is 0 Å². The van der Waals surface area contributed by atoms with Crippen LogP contribution in [0.3, 0.4) is 0 Å². The van der Waals surface area contributed by atoms with Gasteiger partial charge in [-0.1, -0.05) is 30.0 Å². The van der Waals surface area contributed by atoms with Crippen molar-refractivity contribution < 1.29 is 9.15 Å². The number of hydrogen-bond acceptors (Lipinski definition) is 5. The number of ether oxygens (including phenoxy) is 1. The third kappa shape index (κ3) is 1.97. The summed E-state index contributed by atoms with van der Waals surface area (Å²) in [4.78, 5) is 13.8. The Kier molecular flexibility index (Phi) is 3.08. The molecule has 22 heavy (non-hydrogen) atoms. The maximum atomic E-state index is 12.2. The molecular weight excluding hydrogens is 298 g/mol. The Morgan fingerprint density at radius 2 is 2.00 bits per heavy atom. The summed E-state index contributed by atoms with van der Waals surface area (Å²) in [6, 6.07) is 13.3. The number of nitrogens with one attached hydrogen (secondary N) is 1. The maximum Gasteiger partial charge on any atom is 0.352 e. The molecular formula is C17H13NO3S. The second kappa shape index (κ2) is 5.10. The Labute approximate surface area is 131 Å². The minimum Gasteiger partial charge on any atom is -0.492 e. The third-order valence-electron chi connectivity index (χ3n) is 3.52. The summed E-state index contributed by atoms with van der Waals surface area (Å²) >= 11 is 1.42. The van der Waals surface area contributed by atoms with E-state index in [1.165, 1.54) is 11.8 Å². The molecule has 0 amide bonds. The van der Waals surface area contributed by atoms with Gasteiger partial charge in [0.05, 0.1) is 18.0 Å². The SMILES string of the molecule is CCOc1cccc2c1Nc1c(c(=O)oc3ccccc13)S2. The zero-order chi connectivity index (χ0) is 15.1. The number of hydrogen-bond donors (Lipinski definition) is 1. The van der Waals surface area contributed by atoms with Crippen LogP contribution in [0.2, 0.25) is 0 Å². The summed E-state index contributed by atoms with van der Waals surface area (Å²) in [7, 11) is 0. The summed E-state index contributed by atoms with van der Waals surface area (Å²) in [5.41, 5.74) is 1.95. The molecule has 4 rings (SSSR count). The van der Waals surface area contributed by atoms with Crippen LogP contribution in [0.25, 0.3) is 11.0 Å². The van der Waals surface area contributed by atoms with E-state index in [9.17, 15) is 4.79 Å². The first-order chi connectivity index (χ1) is 10.8. The van der Waals surface area contributed by atoms with E-state index in [0.29, 0.717) is 17.1 Å². The van der Waals surface area contributed by atoms with E-state index in [0.717, 1.165) is 27.4 Å². The van der Waals surface area contributed by atoms with Crippen LogP contribution in [0.15, 0.2) is 61.5 Å². The summed E-state index contributed by atoms with van der Waals surface area (Å²) in [6.45, 7) is 2.54. The lowest BCUT2D eigenvalue weighted by Gasteiger charge is -2.23. The molecule has 2 aromatic carbocycles. The molecule has 5 heteroatoms. The van der Waals surface area contributed by atoms with Gasteiger partial charge in [0.2, 0.25) is 0 Å². The predicted octanol–water partition coefficient (Wildman–Crippen LogP) is 4.40. The molecule has 4 nitrogen and oxygen atoms in total. The molecule has 0 radical (unpaired) electrons. The van der Waals surface area contributed by atoms with Gasteiger partial charge < -0.3 is 14.5 Å². The fraction of sp³-hybridized carbons (Fsp3) is 0.118. The average Bonchev–Trinajstić information content (AvgIpc) is 2.54. The van der Waals surface area contributed by atoms with Crippen LogP contribution in [0, 0.1) is 0 Å². The highest BCUT2D eigenvalue weighted by Crippen LogP contribution is 2.48. The van der Waals surface area contributed by atoms with Gasteiger partial charge in [0.25, 0.3) is 0 Å². The second-order valence-electron chi connectivity index (χ2n) is 4.88. The molecule has 3 aromatic rings. The van der Waals surface area contributed by atoms with Gasteiger partial charge in [-0.25, -0.2) is 4.79 Å². The summed E-state index contributed by atoms with van der Waals surface area (Å²) in [5.74, 6) is 0.787. The van der Waals surface area contributed by atoms with Gasteiger partial charge in [-0.05, 0) is 31.2 Å². The third-order valence-corrected chi connectivity index (χ3v) is 4.66. The van der Waals surface area contributed by atoms with E-state index in [1.54, 1.807) is 6.07 Å². The van der Waals surface area contributed by atoms with Gasteiger partial charge in [0, 0.05) is 10.3 Å². The van der Waals surface area contributed by atoms with Crippen molar-refractivity contribution >= 4 is 34.1 Å². The number of rotatable bonds is 2. The van der Waals surface area contributed by atoms with E-state index in [1.807, 2.05) is 43.3 Å². The molecule has 1 aromatic heterocycles. The Balaban J connectivity index is 1.96. The van der Waals surface area contributed by atoms with Crippen molar-refractivity contribution in [3.05, 3.63) is 52.9 Å². The number of para-hydroxylation sites is 2. The highest BCUT2D eigenvalue weighted by atomic mass is 32.2. The van der Waals surface area contributed by atoms with Gasteiger partial charge >= 0.3 is 5.63 Å². The molecule has 0 aliphatic carbocycles. The summed E-state index contributed by atoms with van der Waals surface area (Å²) in [6.07, 6.45) is 0. The van der Waals surface area contributed by atoms with Gasteiger partial charge in [-0.15, -0.1) is 0 Å². The van der Waals surface area contributed by atoms with Crippen molar-refractivity contribution in [3.8, 4) is 5.75 Å². The smallest absolute Gasteiger partial charge is 0.352 e. The number of benzene rings is 2. The van der Waals surface area contributed by atoms with Crippen LogP contribution in [-0.4, -0.2) is 6.61 Å². The van der Waals surface area contributed by atoms with Crippen LogP contribution >= 0.6 is 11.8 Å². The summed E-state index contributed by atoms with van der Waals surface area (Å²) < 4.78 is 11.1. The molecule has 1 aliphatic heterocycles. The molecule has 110 valence electrons. The first-order valence-corrected chi connectivity index (χ1v) is 7.86. The van der Waals surface area contributed by atoms with Crippen molar-refractivity contribution in [1.82, 2.24) is 0 Å². The lowest BCUT2D eigenvalue weighted by molar-refractivity contribution is 0.341. The maximum absolute atomic E-state index is 12.2. The van der Waals surface area contributed by atoms with Gasteiger partial charge in [-0.3, -0.25) is 0 Å². The lowest BCUT2D eigenvalue weighted by Crippen LogP contribution is -2.11. The molecule has 2 heterocycles. The molecule has 0 atom stereocenters. The predicted molar refractivity (Wildman–Crippen MR) is 87.5 cm³/mol.